The number of benzene rings is 3. The molecule has 1 heterocycles. The Balaban J connectivity index is 0.00000121. The lowest BCUT2D eigenvalue weighted by molar-refractivity contribution is 1.51. The van der Waals surface area contributed by atoms with Crippen molar-refractivity contribution >= 4 is 50.7 Å². The van der Waals surface area contributed by atoms with Crippen molar-refractivity contribution in [3.05, 3.63) is 60.7 Å². The monoisotopic (exact) mass is 280 g/mol. The molecule has 0 atom stereocenters. The molecular weight excluding hydrogens is 268 g/mol. The van der Waals surface area contributed by atoms with Crippen molar-refractivity contribution in [2.75, 3.05) is 5.73 Å². The van der Waals surface area contributed by atoms with Crippen LogP contribution in [0.1, 0.15) is 0 Å². The molecule has 0 unspecified atom stereocenters. The Labute approximate surface area is 122 Å². The number of fused-ring (bicyclic) bond motifs is 4. The van der Waals surface area contributed by atoms with Crippen molar-refractivity contribution in [2.24, 2.45) is 0 Å². The van der Waals surface area contributed by atoms with Crippen LogP contribution in [0.25, 0.3) is 32.6 Å². The van der Waals surface area contributed by atoms with Gasteiger partial charge < -0.3 is 5.73 Å². The summed E-state index contributed by atoms with van der Waals surface area (Å²) in [6.07, 6.45) is 0. The molecule has 0 spiro atoms. The molecule has 3 heteroatoms. The molecule has 0 aliphatic carbocycles. The van der Waals surface area contributed by atoms with E-state index in [-0.39, 0.29) is 12.4 Å². The van der Waals surface area contributed by atoms with Gasteiger partial charge in [-0.15, -0.1) is 12.4 Å². The highest BCUT2D eigenvalue weighted by atomic mass is 35.5. The van der Waals surface area contributed by atoms with E-state index in [1.54, 1.807) is 0 Å². The van der Waals surface area contributed by atoms with Crippen LogP contribution in [0.4, 0.5) is 5.69 Å². The number of pyridine rings is 1. The molecule has 0 radical (unpaired) electrons. The Morgan fingerprint density at radius 2 is 1.50 bits per heavy atom. The number of rotatable bonds is 0. The minimum absolute atomic E-state index is 0. The van der Waals surface area contributed by atoms with E-state index in [4.69, 9.17) is 10.7 Å². The van der Waals surface area contributed by atoms with Gasteiger partial charge in [0.1, 0.15) is 0 Å². The predicted octanol–water partition coefficient (Wildman–Crippen LogP) is 4.55. The van der Waals surface area contributed by atoms with Gasteiger partial charge in [-0.25, -0.2) is 4.98 Å². The molecule has 2 N–H and O–H groups in total. The van der Waals surface area contributed by atoms with Gasteiger partial charge in [-0.3, -0.25) is 0 Å². The zero-order chi connectivity index (χ0) is 12.8. The Bertz CT molecular complexity index is 932. The Kier molecular flexibility index (Phi) is 2.96. The zero-order valence-corrected chi connectivity index (χ0v) is 11.5. The second-order valence-corrected chi connectivity index (χ2v) is 4.76. The highest BCUT2D eigenvalue weighted by Crippen LogP contribution is 2.30. The van der Waals surface area contributed by atoms with Gasteiger partial charge in [0.05, 0.1) is 11.0 Å². The van der Waals surface area contributed by atoms with Gasteiger partial charge in [-0.2, -0.15) is 0 Å². The van der Waals surface area contributed by atoms with Crippen LogP contribution in [0.15, 0.2) is 60.7 Å². The largest absolute Gasteiger partial charge is 0.398 e. The standard InChI is InChI=1S/C17H12N2.ClH/c18-14-6-3-5-11-8-9-13-10-12-4-1-2-7-15(12)19-17(13)16(11)14;/h1-10H,18H2;1H. The van der Waals surface area contributed by atoms with Gasteiger partial charge in [-0.1, -0.05) is 42.5 Å². The highest BCUT2D eigenvalue weighted by molar-refractivity contribution is 6.13. The number of halogens is 1. The van der Waals surface area contributed by atoms with Crippen LogP contribution in [0, 0.1) is 0 Å². The summed E-state index contributed by atoms with van der Waals surface area (Å²) in [5, 5.41) is 4.47. The molecule has 2 nitrogen and oxygen atoms in total. The third kappa shape index (κ3) is 1.77. The van der Waals surface area contributed by atoms with E-state index in [0.29, 0.717) is 0 Å². The lowest BCUT2D eigenvalue weighted by atomic mass is 10.0. The van der Waals surface area contributed by atoms with E-state index in [2.05, 4.69) is 30.3 Å². The average molecular weight is 281 g/mol. The molecule has 4 rings (SSSR count). The minimum Gasteiger partial charge on any atom is -0.398 e. The number of anilines is 1. The van der Waals surface area contributed by atoms with Crippen LogP contribution in [0.2, 0.25) is 0 Å². The molecule has 3 aromatic carbocycles. The maximum atomic E-state index is 6.13. The molecule has 0 fully saturated rings. The SMILES string of the molecule is Cl.Nc1cccc2ccc3cc4ccccc4nc3c12. The van der Waals surface area contributed by atoms with Gasteiger partial charge in [0.15, 0.2) is 0 Å². The van der Waals surface area contributed by atoms with E-state index >= 15 is 0 Å². The summed E-state index contributed by atoms with van der Waals surface area (Å²) in [7, 11) is 0. The first kappa shape index (κ1) is 12.7. The van der Waals surface area contributed by atoms with Crippen molar-refractivity contribution < 1.29 is 0 Å². The summed E-state index contributed by atoms with van der Waals surface area (Å²) >= 11 is 0. The van der Waals surface area contributed by atoms with Crippen LogP contribution >= 0.6 is 12.4 Å². The predicted molar refractivity (Wildman–Crippen MR) is 88.4 cm³/mol. The maximum absolute atomic E-state index is 6.13. The van der Waals surface area contributed by atoms with Crippen LogP contribution in [-0.4, -0.2) is 4.98 Å². The summed E-state index contributed by atoms with van der Waals surface area (Å²) in [4.78, 5) is 4.79. The van der Waals surface area contributed by atoms with Gasteiger partial charge in [0.2, 0.25) is 0 Å². The molecule has 98 valence electrons. The molecule has 0 aliphatic rings. The number of para-hydroxylation sites is 1. The fourth-order valence-corrected chi connectivity index (χ4v) is 2.64. The number of aromatic nitrogens is 1. The Morgan fingerprint density at radius 3 is 2.40 bits per heavy atom. The van der Waals surface area contributed by atoms with E-state index < -0.39 is 0 Å². The van der Waals surface area contributed by atoms with E-state index in [0.717, 1.165) is 38.3 Å². The number of hydrogen-bond donors (Lipinski definition) is 1. The van der Waals surface area contributed by atoms with Gasteiger partial charge in [0.25, 0.3) is 0 Å². The van der Waals surface area contributed by atoms with Crippen molar-refractivity contribution in [2.45, 2.75) is 0 Å². The zero-order valence-electron chi connectivity index (χ0n) is 10.7. The smallest absolute Gasteiger partial charge is 0.0808 e. The van der Waals surface area contributed by atoms with E-state index in [9.17, 15) is 0 Å². The van der Waals surface area contributed by atoms with Gasteiger partial charge in [0, 0.05) is 21.8 Å². The first-order chi connectivity index (χ1) is 9.33. The van der Waals surface area contributed by atoms with Crippen LogP contribution in [0.5, 0.6) is 0 Å². The third-order valence-electron chi connectivity index (χ3n) is 3.56. The third-order valence-corrected chi connectivity index (χ3v) is 3.56. The molecule has 0 aliphatic heterocycles. The van der Waals surface area contributed by atoms with Crippen molar-refractivity contribution in [1.82, 2.24) is 4.98 Å². The average Bonchev–Trinajstić information content (AvgIpc) is 2.45. The quantitative estimate of drug-likeness (QED) is 0.292. The molecule has 1 aromatic heterocycles. The number of nitrogens with zero attached hydrogens (tertiary/aromatic N) is 1. The molecule has 0 saturated carbocycles. The Hall–Kier alpha value is -2.32. The number of hydrogen-bond acceptors (Lipinski definition) is 2. The van der Waals surface area contributed by atoms with E-state index in [1.165, 1.54) is 0 Å². The summed E-state index contributed by atoms with van der Waals surface area (Å²) in [5.41, 5.74) is 8.90. The van der Waals surface area contributed by atoms with Crippen molar-refractivity contribution in [3.8, 4) is 0 Å². The summed E-state index contributed by atoms with van der Waals surface area (Å²) in [6.45, 7) is 0. The first-order valence-corrected chi connectivity index (χ1v) is 6.30. The molecule has 0 bridgehead atoms. The molecule has 20 heavy (non-hydrogen) atoms. The lowest BCUT2D eigenvalue weighted by Crippen LogP contribution is -1.90. The highest BCUT2D eigenvalue weighted by Gasteiger charge is 2.06. The molecule has 0 saturated heterocycles. The maximum Gasteiger partial charge on any atom is 0.0808 e. The Morgan fingerprint density at radius 1 is 0.750 bits per heavy atom. The second kappa shape index (κ2) is 4.66. The number of nitrogens with two attached hydrogens (primary N) is 1. The van der Waals surface area contributed by atoms with Gasteiger partial charge in [-0.05, 0) is 23.6 Å². The minimum atomic E-state index is 0. The lowest BCUT2D eigenvalue weighted by Gasteiger charge is -2.07. The second-order valence-electron chi connectivity index (χ2n) is 4.76. The molecular formula is C17H13ClN2. The number of nitrogen functional groups attached to an aromatic ring is 1. The molecule has 0 amide bonds. The van der Waals surface area contributed by atoms with Crippen LogP contribution in [-0.2, 0) is 0 Å². The fraction of sp³-hybridized carbons (Fsp3) is 0. The fourth-order valence-electron chi connectivity index (χ4n) is 2.64. The first-order valence-electron chi connectivity index (χ1n) is 6.30. The van der Waals surface area contributed by atoms with Crippen LogP contribution < -0.4 is 5.73 Å². The topological polar surface area (TPSA) is 38.9 Å². The van der Waals surface area contributed by atoms with Crippen molar-refractivity contribution in [1.29, 1.82) is 0 Å². The van der Waals surface area contributed by atoms with Gasteiger partial charge >= 0.3 is 0 Å². The van der Waals surface area contributed by atoms with Crippen LogP contribution in [0.3, 0.4) is 0 Å². The summed E-state index contributed by atoms with van der Waals surface area (Å²) < 4.78 is 0. The summed E-state index contributed by atoms with van der Waals surface area (Å²) in [6, 6.07) is 20.5. The molecule has 4 aromatic rings. The van der Waals surface area contributed by atoms with E-state index in [1.807, 2.05) is 30.3 Å². The van der Waals surface area contributed by atoms with Crippen molar-refractivity contribution in [3.63, 3.8) is 0 Å². The summed E-state index contributed by atoms with van der Waals surface area (Å²) in [5.74, 6) is 0. The normalized spacial score (nSPS) is 10.8.